The van der Waals surface area contributed by atoms with Crippen LogP contribution in [0.2, 0.25) is 0 Å². The average Bonchev–Trinajstić information content (AvgIpc) is 3.15. The van der Waals surface area contributed by atoms with E-state index in [1.165, 1.54) is 11.3 Å². The molecule has 0 bridgehead atoms. The van der Waals surface area contributed by atoms with Crippen LogP contribution >= 0.6 is 11.3 Å². The van der Waals surface area contributed by atoms with Crippen molar-refractivity contribution in [3.05, 3.63) is 40.9 Å². The maximum atomic E-state index is 13.0. The molecule has 0 unspecified atom stereocenters. The molecule has 2 amide bonds. The molecule has 1 aromatic carbocycles. The molecular weight excluding hydrogens is 402 g/mol. The van der Waals surface area contributed by atoms with Crippen molar-refractivity contribution in [2.45, 2.75) is 40.0 Å². The van der Waals surface area contributed by atoms with Gasteiger partial charge in [0.1, 0.15) is 12.3 Å². The lowest BCUT2D eigenvalue weighted by Crippen LogP contribution is -2.39. The number of aromatic nitrogens is 1. The second kappa shape index (κ2) is 13.0. The Kier molecular flexibility index (Phi) is 10.3. The van der Waals surface area contributed by atoms with Crippen molar-refractivity contribution in [1.82, 2.24) is 9.88 Å². The van der Waals surface area contributed by atoms with Crippen LogP contribution in [-0.2, 0) is 9.53 Å². The van der Waals surface area contributed by atoms with Crippen LogP contribution in [0.3, 0.4) is 0 Å². The summed E-state index contributed by atoms with van der Waals surface area (Å²) in [6, 6.07) is 7.06. The monoisotopic (exact) mass is 433 g/mol. The Bertz CT molecular complexity index is 792. The van der Waals surface area contributed by atoms with Crippen LogP contribution in [0.25, 0.3) is 0 Å². The molecule has 0 aliphatic rings. The van der Waals surface area contributed by atoms with Crippen molar-refractivity contribution in [2.24, 2.45) is 0 Å². The molecule has 0 fully saturated rings. The average molecular weight is 434 g/mol. The topological polar surface area (TPSA) is 80.8 Å². The molecule has 1 heterocycles. The summed E-state index contributed by atoms with van der Waals surface area (Å²) >= 11 is 1.36. The normalized spacial score (nSPS) is 10.6. The molecule has 1 aromatic heterocycles. The predicted octanol–water partition coefficient (Wildman–Crippen LogP) is 4.14. The number of nitrogens with zero attached hydrogens (tertiary/aromatic N) is 2. The Morgan fingerprint density at radius 1 is 1.13 bits per heavy atom. The van der Waals surface area contributed by atoms with Gasteiger partial charge in [-0.15, -0.1) is 11.3 Å². The summed E-state index contributed by atoms with van der Waals surface area (Å²) in [6.07, 6.45) is 2.71. The van der Waals surface area contributed by atoms with Gasteiger partial charge < -0.3 is 19.7 Å². The lowest BCUT2D eigenvalue weighted by Gasteiger charge is -2.22. The standard InChI is InChI=1S/C22H31N3O4S/c1-4-6-14-29-19-10-8-18(9-11-19)21(27)25(12-7-13-28-5-2)15-20(26)24-22-23-17(3)16-30-22/h8-11,16H,4-7,12-15H2,1-3H3,(H,23,24,26). The minimum absolute atomic E-state index is 0.0433. The Hall–Kier alpha value is -2.45. The van der Waals surface area contributed by atoms with Gasteiger partial charge in [-0.05, 0) is 51.0 Å². The molecule has 0 aliphatic heterocycles. The molecule has 30 heavy (non-hydrogen) atoms. The molecule has 7 nitrogen and oxygen atoms in total. The van der Waals surface area contributed by atoms with Gasteiger partial charge >= 0.3 is 0 Å². The van der Waals surface area contributed by atoms with E-state index in [4.69, 9.17) is 9.47 Å². The van der Waals surface area contributed by atoms with Crippen molar-refractivity contribution in [2.75, 3.05) is 38.2 Å². The van der Waals surface area contributed by atoms with Gasteiger partial charge in [-0.2, -0.15) is 0 Å². The fraction of sp³-hybridized carbons (Fsp3) is 0.500. The van der Waals surface area contributed by atoms with E-state index in [0.29, 0.717) is 43.5 Å². The fourth-order valence-corrected chi connectivity index (χ4v) is 3.41. The highest BCUT2D eigenvalue weighted by Gasteiger charge is 2.19. The number of thiazole rings is 1. The van der Waals surface area contributed by atoms with Gasteiger partial charge in [0.05, 0.1) is 12.3 Å². The Balaban J connectivity index is 2.00. The first-order valence-corrected chi connectivity index (χ1v) is 11.2. The number of nitrogens with one attached hydrogen (secondary N) is 1. The lowest BCUT2D eigenvalue weighted by molar-refractivity contribution is -0.116. The second-order valence-corrected chi connectivity index (χ2v) is 7.70. The van der Waals surface area contributed by atoms with Gasteiger partial charge in [0.15, 0.2) is 5.13 Å². The first kappa shape index (κ1) is 23.8. The highest BCUT2D eigenvalue weighted by Crippen LogP contribution is 2.16. The van der Waals surface area contributed by atoms with E-state index in [-0.39, 0.29) is 18.4 Å². The molecular formula is C22H31N3O4S. The Morgan fingerprint density at radius 2 is 1.90 bits per heavy atom. The number of ether oxygens (including phenoxy) is 2. The molecule has 1 N–H and O–H groups in total. The van der Waals surface area contributed by atoms with Gasteiger partial charge in [0, 0.05) is 30.7 Å². The highest BCUT2D eigenvalue weighted by molar-refractivity contribution is 7.13. The zero-order valence-electron chi connectivity index (χ0n) is 18.0. The van der Waals surface area contributed by atoms with Gasteiger partial charge in [-0.1, -0.05) is 13.3 Å². The number of hydrogen-bond acceptors (Lipinski definition) is 6. The fourth-order valence-electron chi connectivity index (χ4n) is 2.71. The summed E-state index contributed by atoms with van der Waals surface area (Å²) in [5.74, 6) is 0.269. The van der Waals surface area contributed by atoms with Crippen molar-refractivity contribution in [3.8, 4) is 5.75 Å². The van der Waals surface area contributed by atoms with Crippen LogP contribution in [0.1, 0.15) is 49.2 Å². The van der Waals surface area contributed by atoms with Crippen LogP contribution in [-0.4, -0.2) is 54.6 Å². The molecule has 0 atom stereocenters. The number of rotatable bonds is 13. The number of aryl methyl sites for hydroxylation is 1. The van der Waals surface area contributed by atoms with Crippen molar-refractivity contribution >= 4 is 28.3 Å². The molecule has 8 heteroatoms. The van der Waals surface area contributed by atoms with E-state index in [1.54, 1.807) is 29.2 Å². The van der Waals surface area contributed by atoms with Crippen LogP contribution < -0.4 is 10.1 Å². The molecule has 0 aliphatic carbocycles. The summed E-state index contributed by atoms with van der Waals surface area (Å²) in [5, 5.41) is 5.16. The van der Waals surface area contributed by atoms with Crippen LogP contribution in [0, 0.1) is 6.92 Å². The highest BCUT2D eigenvalue weighted by atomic mass is 32.1. The van der Waals surface area contributed by atoms with Gasteiger partial charge in [-0.25, -0.2) is 4.98 Å². The minimum atomic E-state index is -0.270. The van der Waals surface area contributed by atoms with Gasteiger partial charge in [0.2, 0.25) is 5.91 Å². The number of carbonyl (C=O) groups is 2. The van der Waals surface area contributed by atoms with Crippen molar-refractivity contribution in [3.63, 3.8) is 0 Å². The Labute approximate surface area is 182 Å². The Morgan fingerprint density at radius 3 is 2.53 bits per heavy atom. The quantitative estimate of drug-likeness (QED) is 0.480. The number of unbranched alkanes of at least 4 members (excludes halogenated alkanes) is 1. The summed E-state index contributed by atoms with van der Waals surface area (Å²) in [5.41, 5.74) is 1.37. The summed E-state index contributed by atoms with van der Waals surface area (Å²) in [7, 11) is 0. The van der Waals surface area contributed by atoms with Gasteiger partial charge in [0.25, 0.3) is 5.91 Å². The minimum Gasteiger partial charge on any atom is -0.494 e. The van der Waals surface area contributed by atoms with E-state index in [1.807, 2.05) is 19.2 Å². The van der Waals surface area contributed by atoms with E-state index in [9.17, 15) is 9.59 Å². The zero-order valence-corrected chi connectivity index (χ0v) is 18.8. The molecule has 2 aromatic rings. The largest absolute Gasteiger partial charge is 0.494 e. The predicted molar refractivity (Wildman–Crippen MR) is 119 cm³/mol. The first-order chi connectivity index (χ1) is 14.5. The second-order valence-electron chi connectivity index (χ2n) is 6.85. The number of hydrogen-bond donors (Lipinski definition) is 1. The van der Waals surface area contributed by atoms with Crippen LogP contribution in [0.15, 0.2) is 29.6 Å². The van der Waals surface area contributed by atoms with Crippen LogP contribution in [0.5, 0.6) is 5.75 Å². The lowest BCUT2D eigenvalue weighted by atomic mass is 10.2. The maximum Gasteiger partial charge on any atom is 0.254 e. The number of anilines is 1. The number of carbonyl (C=O) groups excluding carboxylic acids is 2. The van der Waals surface area contributed by atoms with E-state index in [0.717, 1.165) is 24.3 Å². The third kappa shape index (κ3) is 8.12. The van der Waals surface area contributed by atoms with Crippen molar-refractivity contribution in [1.29, 1.82) is 0 Å². The third-order valence-electron chi connectivity index (χ3n) is 4.28. The van der Waals surface area contributed by atoms with E-state index >= 15 is 0 Å². The summed E-state index contributed by atoms with van der Waals surface area (Å²) in [4.78, 5) is 31.3. The van der Waals surface area contributed by atoms with Gasteiger partial charge in [-0.3, -0.25) is 9.59 Å². The number of amides is 2. The third-order valence-corrected chi connectivity index (χ3v) is 5.15. The molecule has 0 saturated carbocycles. The SMILES string of the molecule is CCCCOc1ccc(C(=O)N(CCCOCC)CC(=O)Nc2nc(C)cs2)cc1. The first-order valence-electron chi connectivity index (χ1n) is 10.3. The van der Waals surface area contributed by atoms with E-state index < -0.39 is 0 Å². The van der Waals surface area contributed by atoms with Crippen molar-refractivity contribution < 1.29 is 19.1 Å². The zero-order chi connectivity index (χ0) is 21.8. The van der Waals surface area contributed by atoms with E-state index in [2.05, 4.69) is 17.2 Å². The summed E-state index contributed by atoms with van der Waals surface area (Å²) in [6.45, 7) is 8.11. The number of benzene rings is 1. The molecule has 0 radical (unpaired) electrons. The maximum absolute atomic E-state index is 13.0. The smallest absolute Gasteiger partial charge is 0.254 e. The van der Waals surface area contributed by atoms with Crippen LogP contribution in [0.4, 0.5) is 5.13 Å². The molecule has 164 valence electrons. The molecule has 0 spiro atoms. The molecule has 2 rings (SSSR count). The summed E-state index contributed by atoms with van der Waals surface area (Å²) < 4.78 is 11.0. The molecule has 0 saturated heterocycles.